The number of para-hydroxylation sites is 2. The van der Waals surface area contributed by atoms with Crippen LogP contribution in [-0.2, 0) is 11.3 Å². The highest BCUT2D eigenvalue weighted by Gasteiger charge is 2.47. The number of fused-ring (bicyclic) bond motifs is 2. The molecular formula is C23H27Cl2FN4O. The van der Waals surface area contributed by atoms with E-state index in [9.17, 15) is 9.18 Å². The van der Waals surface area contributed by atoms with Gasteiger partial charge in [-0.2, -0.15) is 0 Å². The quantitative estimate of drug-likeness (QED) is 0.581. The Labute approximate surface area is 194 Å². The molecule has 2 aliphatic rings. The van der Waals surface area contributed by atoms with Crippen LogP contribution in [0.5, 0.6) is 0 Å². The van der Waals surface area contributed by atoms with Crippen LogP contribution in [0, 0.1) is 17.7 Å². The Morgan fingerprint density at radius 2 is 1.90 bits per heavy atom. The first-order chi connectivity index (χ1) is 14.1. The molecule has 2 saturated heterocycles. The molecule has 2 aliphatic heterocycles. The van der Waals surface area contributed by atoms with Crippen molar-refractivity contribution in [2.75, 3.05) is 26.7 Å². The summed E-state index contributed by atoms with van der Waals surface area (Å²) in [4.78, 5) is 21.6. The standard InChI is InChI=1S/C23H25FN4O.2ClH/c1-26-12-17-13-28(14-19(17)23(26)16-5-4-6-18(24)11-16)22(29)9-10-27-15-25-20-7-2-3-8-21(20)27;;/h2-8,11,15,17,19,23H,9-10,12-14H2,1H3;2*1H/t17-,19+,23-;;/m0../s1. The van der Waals surface area contributed by atoms with E-state index in [0.717, 1.165) is 36.2 Å². The molecule has 0 aliphatic carbocycles. The van der Waals surface area contributed by atoms with E-state index in [1.54, 1.807) is 12.1 Å². The number of benzene rings is 2. The number of carbonyl (C=O) groups is 1. The predicted octanol–water partition coefficient (Wildman–Crippen LogP) is 4.17. The van der Waals surface area contributed by atoms with Crippen LogP contribution in [-0.4, -0.2) is 51.9 Å². The van der Waals surface area contributed by atoms with Crippen LogP contribution < -0.4 is 0 Å². The van der Waals surface area contributed by atoms with Gasteiger partial charge in [-0.3, -0.25) is 9.69 Å². The number of aryl methyl sites for hydroxylation is 1. The summed E-state index contributed by atoms with van der Waals surface area (Å²) in [6.07, 6.45) is 2.28. The lowest BCUT2D eigenvalue weighted by Crippen LogP contribution is -2.33. The summed E-state index contributed by atoms with van der Waals surface area (Å²) in [5.74, 6) is 0.807. The summed E-state index contributed by atoms with van der Waals surface area (Å²) in [7, 11) is 2.10. The number of imidazole rings is 1. The van der Waals surface area contributed by atoms with Crippen molar-refractivity contribution < 1.29 is 9.18 Å². The molecule has 2 aromatic carbocycles. The molecule has 31 heavy (non-hydrogen) atoms. The molecule has 5 nitrogen and oxygen atoms in total. The minimum atomic E-state index is -0.196. The lowest BCUT2D eigenvalue weighted by atomic mass is 9.89. The molecule has 3 aromatic rings. The van der Waals surface area contributed by atoms with E-state index in [1.165, 1.54) is 6.07 Å². The Kier molecular flexibility index (Phi) is 7.24. The number of nitrogens with zero attached hydrogens (tertiary/aromatic N) is 4. The van der Waals surface area contributed by atoms with Gasteiger partial charge in [0.2, 0.25) is 5.91 Å². The van der Waals surface area contributed by atoms with Crippen molar-refractivity contribution >= 4 is 41.8 Å². The molecule has 0 unspecified atom stereocenters. The van der Waals surface area contributed by atoms with Crippen LogP contribution in [0.4, 0.5) is 4.39 Å². The van der Waals surface area contributed by atoms with Gasteiger partial charge in [0, 0.05) is 44.6 Å². The second-order valence-corrected chi connectivity index (χ2v) is 8.34. The summed E-state index contributed by atoms with van der Waals surface area (Å²) in [5, 5.41) is 0. The maximum atomic E-state index is 13.8. The number of hydrogen-bond acceptors (Lipinski definition) is 3. The van der Waals surface area contributed by atoms with Crippen LogP contribution in [0.25, 0.3) is 11.0 Å². The Hall–Kier alpha value is -2.15. The van der Waals surface area contributed by atoms with Crippen LogP contribution in [0.3, 0.4) is 0 Å². The normalized spacial score (nSPS) is 22.8. The Balaban J connectivity index is 0.00000136. The van der Waals surface area contributed by atoms with Gasteiger partial charge in [-0.25, -0.2) is 9.37 Å². The molecule has 2 fully saturated rings. The van der Waals surface area contributed by atoms with E-state index in [-0.39, 0.29) is 42.6 Å². The summed E-state index contributed by atoms with van der Waals surface area (Å²) in [5.41, 5.74) is 3.03. The molecule has 0 saturated carbocycles. The van der Waals surface area contributed by atoms with E-state index >= 15 is 0 Å². The van der Waals surface area contributed by atoms with Crippen LogP contribution in [0.2, 0.25) is 0 Å². The number of hydrogen-bond donors (Lipinski definition) is 0. The average Bonchev–Trinajstić information content (AvgIpc) is 3.38. The number of carbonyl (C=O) groups excluding carboxylic acids is 1. The highest BCUT2D eigenvalue weighted by Crippen LogP contribution is 2.44. The molecule has 0 spiro atoms. The third-order valence-electron chi connectivity index (χ3n) is 6.53. The van der Waals surface area contributed by atoms with Crippen molar-refractivity contribution in [3.63, 3.8) is 0 Å². The van der Waals surface area contributed by atoms with E-state index < -0.39 is 0 Å². The highest BCUT2D eigenvalue weighted by molar-refractivity contribution is 5.85. The van der Waals surface area contributed by atoms with Crippen molar-refractivity contribution in [1.82, 2.24) is 19.4 Å². The Bertz CT molecular complexity index is 1060. The van der Waals surface area contributed by atoms with Gasteiger partial charge in [-0.05, 0) is 42.8 Å². The van der Waals surface area contributed by atoms with Gasteiger partial charge in [0.25, 0.3) is 0 Å². The third kappa shape index (κ3) is 4.43. The van der Waals surface area contributed by atoms with Gasteiger partial charge in [-0.15, -0.1) is 24.8 Å². The molecule has 1 aromatic heterocycles. The molecule has 3 heterocycles. The lowest BCUT2D eigenvalue weighted by Gasteiger charge is -2.27. The minimum absolute atomic E-state index is 0. The highest BCUT2D eigenvalue weighted by atomic mass is 35.5. The van der Waals surface area contributed by atoms with Crippen LogP contribution in [0.1, 0.15) is 18.0 Å². The molecule has 5 rings (SSSR count). The minimum Gasteiger partial charge on any atom is -0.342 e. The summed E-state index contributed by atoms with van der Waals surface area (Å²) >= 11 is 0. The molecule has 1 amide bonds. The number of likely N-dealkylation sites (tertiary alicyclic amines) is 2. The van der Waals surface area contributed by atoms with Gasteiger partial charge in [0.05, 0.1) is 17.4 Å². The van der Waals surface area contributed by atoms with Gasteiger partial charge in [-0.1, -0.05) is 24.3 Å². The second-order valence-electron chi connectivity index (χ2n) is 8.34. The largest absolute Gasteiger partial charge is 0.342 e. The first kappa shape index (κ1) is 23.5. The summed E-state index contributed by atoms with van der Waals surface area (Å²) in [6.45, 7) is 3.13. The topological polar surface area (TPSA) is 41.4 Å². The smallest absolute Gasteiger partial charge is 0.224 e. The van der Waals surface area contributed by atoms with Crippen molar-refractivity contribution in [2.45, 2.75) is 19.0 Å². The van der Waals surface area contributed by atoms with E-state index in [1.807, 2.05) is 46.1 Å². The van der Waals surface area contributed by atoms with Gasteiger partial charge < -0.3 is 9.47 Å². The predicted molar refractivity (Wildman–Crippen MR) is 124 cm³/mol. The van der Waals surface area contributed by atoms with Crippen LogP contribution >= 0.6 is 24.8 Å². The maximum absolute atomic E-state index is 13.8. The third-order valence-corrected chi connectivity index (χ3v) is 6.53. The zero-order valence-corrected chi connectivity index (χ0v) is 19.0. The number of aromatic nitrogens is 2. The second kappa shape index (κ2) is 9.55. The maximum Gasteiger partial charge on any atom is 0.224 e. The zero-order valence-electron chi connectivity index (χ0n) is 17.4. The molecule has 166 valence electrons. The first-order valence-electron chi connectivity index (χ1n) is 10.2. The SMILES string of the molecule is CN1C[C@H]2CN(C(=O)CCn3cnc4ccccc43)C[C@H]2[C@@H]1c1cccc(F)c1.Cl.Cl. The van der Waals surface area contributed by atoms with Crippen molar-refractivity contribution in [3.05, 3.63) is 66.2 Å². The number of amides is 1. The fraction of sp³-hybridized carbons (Fsp3) is 0.391. The average molecular weight is 465 g/mol. The molecule has 3 atom stereocenters. The molecular weight excluding hydrogens is 438 g/mol. The van der Waals surface area contributed by atoms with Crippen molar-refractivity contribution in [3.8, 4) is 0 Å². The molecule has 0 bridgehead atoms. The first-order valence-corrected chi connectivity index (χ1v) is 10.2. The summed E-state index contributed by atoms with van der Waals surface area (Å²) in [6, 6.07) is 15.1. The van der Waals surface area contributed by atoms with E-state index in [0.29, 0.717) is 24.8 Å². The number of rotatable bonds is 4. The summed E-state index contributed by atoms with van der Waals surface area (Å²) < 4.78 is 15.8. The van der Waals surface area contributed by atoms with E-state index in [4.69, 9.17) is 0 Å². The fourth-order valence-corrected chi connectivity index (χ4v) is 5.22. The van der Waals surface area contributed by atoms with Gasteiger partial charge >= 0.3 is 0 Å². The van der Waals surface area contributed by atoms with Gasteiger partial charge in [0.1, 0.15) is 5.82 Å². The lowest BCUT2D eigenvalue weighted by molar-refractivity contribution is -0.130. The fourth-order valence-electron chi connectivity index (χ4n) is 5.22. The van der Waals surface area contributed by atoms with Crippen molar-refractivity contribution in [2.24, 2.45) is 11.8 Å². The van der Waals surface area contributed by atoms with Crippen LogP contribution in [0.15, 0.2) is 54.9 Å². The van der Waals surface area contributed by atoms with Gasteiger partial charge in [0.15, 0.2) is 0 Å². The van der Waals surface area contributed by atoms with E-state index in [2.05, 4.69) is 16.9 Å². The monoisotopic (exact) mass is 464 g/mol. The molecule has 8 heteroatoms. The Morgan fingerprint density at radius 1 is 1.10 bits per heavy atom. The molecule has 0 radical (unpaired) electrons. The van der Waals surface area contributed by atoms with Crippen molar-refractivity contribution in [1.29, 1.82) is 0 Å². The zero-order chi connectivity index (χ0) is 20.0. The Morgan fingerprint density at radius 3 is 2.71 bits per heavy atom. The molecule has 0 N–H and O–H groups in total. The number of halogens is 3.